The van der Waals surface area contributed by atoms with Crippen LogP contribution in [0.4, 0.5) is 5.82 Å². The molecule has 0 radical (unpaired) electrons. The van der Waals surface area contributed by atoms with E-state index in [2.05, 4.69) is 9.88 Å². The molecule has 2 aliphatic rings. The fourth-order valence-electron chi connectivity index (χ4n) is 4.40. The third-order valence-corrected chi connectivity index (χ3v) is 8.97. The second-order valence-corrected chi connectivity index (χ2v) is 11.3. The van der Waals surface area contributed by atoms with E-state index in [-0.39, 0.29) is 5.25 Å². The van der Waals surface area contributed by atoms with Crippen LogP contribution in [0.1, 0.15) is 18.4 Å². The quantitative estimate of drug-likeness (QED) is 0.424. The van der Waals surface area contributed by atoms with Gasteiger partial charge in [-0.05, 0) is 54.8 Å². The van der Waals surface area contributed by atoms with Crippen LogP contribution in [0.15, 0.2) is 66.7 Å². The molecule has 1 saturated heterocycles. The lowest BCUT2D eigenvalue weighted by atomic mass is 10.2. The van der Waals surface area contributed by atoms with Crippen LogP contribution in [0, 0.1) is 0 Å². The molecule has 2 aromatic heterocycles. The molecule has 4 aromatic rings. The topological polar surface area (TPSA) is 91.4 Å². The summed E-state index contributed by atoms with van der Waals surface area (Å²) in [6, 6.07) is 21.9. The number of sulfonamides is 1. The minimum Gasteiger partial charge on any atom is -0.489 e. The van der Waals surface area contributed by atoms with Crippen LogP contribution in [0.2, 0.25) is 0 Å². The molecule has 1 aliphatic heterocycles. The van der Waals surface area contributed by atoms with E-state index in [1.807, 2.05) is 66.7 Å². The third-order valence-electron chi connectivity index (χ3n) is 6.57. The van der Waals surface area contributed by atoms with Gasteiger partial charge < -0.3 is 14.6 Å². The summed E-state index contributed by atoms with van der Waals surface area (Å²) < 4.78 is 32.5. The zero-order valence-corrected chi connectivity index (χ0v) is 20.1. The SMILES string of the molecule is O=S(=O)(C1CC1)N1CCN(c2ccc3nc(-c4ccc(OCc5ccccc5)cc4)[nH]c3n2)CC1. The molecule has 0 bridgehead atoms. The van der Waals surface area contributed by atoms with Gasteiger partial charge in [0.05, 0.1) is 5.25 Å². The summed E-state index contributed by atoms with van der Waals surface area (Å²) in [5, 5.41) is -0.156. The number of aromatic amines is 1. The van der Waals surface area contributed by atoms with Crippen molar-refractivity contribution in [3.63, 3.8) is 0 Å². The van der Waals surface area contributed by atoms with Gasteiger partial charge in [-0.15, -0.1) is 0 Å². The molecule has 0 amide bonds. The Morgan fingerprint density at radius 2 is 1.63 bits per heavy atom. The van der Waals surface area contributed by atoms with E-state index in [1.165, 1.54) is 0 Å². The number of piperazine rings is 1. The van der Waals surface area contributed by atoms with Gasteiger partial charge in [0.1, 0.15) is 29.5 Å². The van der Waals surface area contributed by atoms with Crippen LogP contribution < -0.4 is 9.64 Å². The smallest absolute Gasteiger partial charge is 0.217 e. The number of nitrogens with one attached hydrogen (secondary N) is 1. The maximum atomic E-state index is 12.5. The summed E-state index contributed by atoms with van der Waals surface area (Å²) in [6.45, 7) is 2.81. The van der Waals surface area contributed by atoms with E-state index in [4.69, 9.17) is 14.7 Å². The van der Waals surface area contributed by atoms with Gasteiger partial charge in [0, 0.05) is 31.7 Å². The summed E-state index contributed by atoms with van der Waals surface area (Å²) in [5.74, 6) is 2.39. The average Bonchev–Trinajstić information content (AvgIpc) is 3.68. The summed E-state index contributed by atoms with van der Waals surface area (Å²) in [4.78, 5) is 14.9. The number of anilines is 1. The fraction of sp³-hybridized carbons (Fsp3) is 0.308. The van der Waals surface area contributed by atoms with Crippen molar-refractivity contribution < 1.29 is 13.2 Å². The van der Waals surface area contributed by atoms with Crippen molar-refractivity contribution in [1.82, 2.24) is 19.3 Å². The highest BCUT2D eigenvalue weighted by Crippen LogP contribution is 2.32. The maximum absolute atomic E-state index is 12.5. The largest absolute Gasteiger partial charge is 0.489 e. The Kier molecular flexibility index (Phi) is 5.66. The minimum absolute atomic E-state index is 0.156. The predicted octanol–water partition coefficient (Wildman–Crippen LogP) is 3.82. The van der Waals surface area contributed by atoms with E-state index in [1.54, 1.807) is 4.31 Å². The highest BCUT2D eigenvalue weighted by molar-refractivity contribution is 7.90. The molecule has 9 heteroatoms. The monoisotopic (exact) mass is 489 g/mol. The molecule has 3 heterocycles. The highest BCUT2D eigenvalue weighted by Gasteiger charge is 2.41. The number of nitrogens with zero attached hydrogens (tertiary/aromatic N) is 4. The van der Waals surface area contributed by atoms with Gasteiger partial charge in [-0.25, -0.2) is 18.4 Å². The van der Waals surface area contributed by atoms with Crippen LogP contribution in [0.25, 0.3) is 22.6 Å². The molecule has 1 N–H and O–H groups in total. The Morgan fingerprint density at radius 3 is 2.34 bits per heavy atom. The highest BCUT2D eigenvalue weighted by atomic mass is 32.2. The summed E-state index contributed by atoms with van der Waals surface area (Å²) >= 11 is 0. The number of rotatable bonds is 7. The molecule has 0 spiro atoms. The molecule has 8 nitrogen and oxygen atoms in total. The zero-order valence-electron chi connectivity index (χ0n) is 19.3. The van der Waals surface area contributed by atoms with E-state index in [0.29, 0.717) is 32.8 Å². The Bertz CT molecular complexity index is 1430. The number of benzene rings is 2. The third kappa shape index (κ3) is 4.61. The van der Waals surface area contributed by atoms with Gasteiger partial charge in [-0.1, -0.05) is 30.3 Å². The Morgan fingerprint density at radius 1 is 0.886 bits per heavy atom. The van der Waals surface area contributed by atoms with Crippen molar-refractivity contribution >= 4 is 27.0 Å². The molecule has 35 heavy (non-hydrogen) atoms. The number of hydrogen-bond acceptors (Lipinski definition) is 6. The summed E-state index contributed by atoms with van der Waals surface area (Å²) in [7, 11) is -3.12. The lowest BCUT2D eigenvalue weighted by molar-refractivity contribution is 0.306. The van der Waals surface area contributed by atoms with Crippen LogP contribution in [-0.4, -0.2) is 59.1 Å². The van der Waals surface area contributed by atoms with Crippen LogP contribution in [0.3, 0.4) is 0 Å². The molecule has 6 rings (SSSR count). The minimum atomic E-state index is -3.12. The lowest BCUT2D eigenvalue weighted by Gasteiger charge is -2.34. The zero-order chi connectivity index (χ0) is 23.8. The molecule has 2 aromatic carbocycles. The standard InChI is InChI=1S/C26H27N5O3S/c32-35(33,22-10-11-22)31-16-14-30(15-17-31)24-13-12-23-26(28-24)29-25(27-23)20-6-8-21(9-7-20)34-18-19-4-2-1-3-5-19/h1-9,12-13,22H,10-11,14-18H2,(H,27,28,29). The predicted molar refractivity (Wildman–Crippen MR) is 136 cm³/mol. The van der Waals surface area contributed by atoms with Crippen LogP contribution in [-0.2, 0) is 16.6 Å². The van der Waals surface area contributed by atoms with E-state index in [9.17, 15) is 8.42 Å². The van der Waals surface area contributed by atoms with Crippen molar-refractivity contribution in [3.05, 3.63) is 72.3 Å². The number of ether oxygens (including phenoxy) is 1. The number of aromatic nitrogens is 3. The van der Waals surface area contributed by atoms with E-state index in [0.717, 1.165) is 52.5 Å². The number of H-pyrrole nitrogens is 1. The van der Waals surface area contributed by atoms with Crippen molar-refractivity contribution in [1.29, 1.82) is 0 Å². The van der Waals surface area contributed by atoms with E-state index >= 15 is 0 Å². The average molecular weight is 490 g/mol. The van der Waals surface area contributed by atoms with E-state index < -0.39 is 10.0 Å². The number of pyridine rings is 1. The molecular formula is C26H27N5O3S. The van der Waals surface area contributed by atoms with Gasteiger partial charge in [-0.2, -0.15) is 4.31 Å². The first-order valence-electron chi connectivity index (χ1n) is 11.9. The Hall–Kier alpha value is -3.43. The fourth-order valence-corrected chi connectivity index (χ4v) is 6.22. The molecule has 1 saturated carbocycles. The molecule has 180 valence electrons. The van der Waals surface area contributed by atoms with Gasteiger partial charge in [0.2, 0.25) is 10.0 Å². The number of hydrogen-bond donors (Lipinski definition) is 1. The van der Waals surface area contributed by atoms with Crippen LogP contribution >= 0.6 is 0 Å². The molecule has 0 atom stereocenters. The Labute approximate surface area is 204 Å². The normalized spacial score (nSPS) is 17.1. The maximum Gasteiger partial charge on any atom is 0.217 e. The molecular weight excluding hydrogens is 462 g/mol. The molecule has 2 fully saturated rings. The van der Waals surface area contributed by atoms with Crippen LogP contribution in [0.5, 0.6) is 5.75 Å². The molecule has 1 aliphatic carbocycles. The number of imidazole rings is 1. The lowest BCUT2D eigenvalue weighted by Crippen LogP contribution is -2.49. The molecule has 0 unspecified atom stereocenters. The van der Waals surface area contributed by atoms with Crippen molar-refractivity contribution in [2.75, 3.05) is 31.1 Å². The first-order valence-corrected chi connectivity index (χ1v) is 13.4. The summed E-state index contributed by atoms with van der Waals surface area (Å²) in [6.07, 6.45) is 1.60. The van der Waals surface area contributed by atoms with Crippen molar-refractivity contribution in [2.24, 2.45) is 0 Å². The van der Waals surface area contributed by atoms with Gasteiger partial charge in [-0.3, -0.25) is 0 Å². The first-order chi connectivity index (χ1) is 17.1. The summed E-state index contributed by atoms with van der Waals surface area (Å²) in [5.41, 5.74) is 3.59. The first kappa shape index (κ1) is 22.1. The van der Waals surface area contributed by atoms with Gasteiger partial charge in [0.15, 0.2) is 5.65 Å². The van der Waals surface area contributed by atoms with Crippen molar-refractivity contribution in [2.45, 2.75) is 24.7 Å². The second kappa shape index (κ2) is 8.98. The van der Waals surface area contributed by atoms with Gasteiger partial charge >= 0.3 is 0 Å². The second-order valence-electron chi connectivity index (χ2n) is 9.05. The Balaban J connectivity index is 1.13. The van der Waals surface area contributed by atoms with Gasteiger partial charge in [0.25, 0.3) is 0 Å². The van der Waals surface area contributed by atoms with Crippen molar-refractivity contribution in [3.8, 4) is 17.1 Å². The number of fused-ring (bicyclic) bond motifs is 1.